The van der Waals surface area contributed by atoms with Gasteiger partial charge in [-0.2, -0.15) is 0 Å². The van der Waals surface area contributed by atoms with Crippen LogP contribution in [0.3, 0.4) is 0 Å². The molecule has 0 aliphatic heterocycles. The lowest BCUT2D eigenvalue weighted by molar-refractivity contribution is -0.135. The lowest BCUT2D eigenvalue weighted by Crippen LogP contribution is -2.48. The molecular formula is C19H28O4. The summed E-state index contributed by atoms with van der Waals surface area (Å²) in [7, 11) is 0. The summed E-state index contributed by atoms with van der Waals surface area (Å²) in [5, 5.41) is 18.1. The van der Waals surface area contributed by atoms with Crippen molar-refractivity contribution >= 4 is 11.9 Å². The number of aliphatic carboxylic acids is 2. The maximum atomic E-state index is 11.3. The normalized spacial score (nSPS) is 37.3. The topological polar surface area (TPSA) is 74.6 Å². The number of allylic oxidation sites excluding steroid dienone is 2. The van der Waals surface area contributed by atoms with E-state index < -0.39 is 11.9 Å². The third-order valence-electron chi connectivity index (χ3n) is 6.46. The Balaban J connectivity index is 2.23. The molecule has 1 fully saturated rings. The van der Waals surface area contributed by atoms with E-state index in [0.717, 1.165) is 31.8 Å². The van der Waals surface area contributed by atoms with Crippen LogP contribution in [0.2, 0.25) is 0 Å². The molecule has 1 saturated carbocycles. The van der Waals surface area contributed by atoms with Crippen LogP contribution in [0.4, 0.5) is 0 Å². The molecule has 0 amide bonds. The first kappa shape index (κ1) is 17.8. The van der Waals surface area contributed by atoms with E-state index in [-0.39, 0.29) is 16.4 Å². The summed E-state index contributed by atoms with van der Waals surface area (Å²) in [4.78, 5) is 22.1. The van der Waals surface area contributed by atoms with Gasteiger partial charge in [0.2, 0.25) is 0 Å². The monoisotopic (exact) mass is 320 g/mol. The molecule has 0 spiro atoms. The lowest BCUT2D eigenvalue weighted by atomic mass is 9.48. The highest BCUT2D eigenvalue weighted by Gasteiger charge is 2.51. The number of rotatable bonds is 5. The fraction of sp³-hybridized carbons (Fsp3) is 0.684. The van der Waals surface area contributed by atoms with Gasteiger partial charge in [-0.15, -0.1) is 0 Å². The van der Waals surface area contributed by atoms with E-state index in [1.54, 1.807) is 0 Å². The van der Waals surface area contributed by atoms with Crippen molar-refractivity contribution in [2.24, 2.45) is 22.7 Å². The van der Waals surface area contributed by atoms with Crippen LogP contribution in [0.5, 0.6) is 0 Å². The van der Waals surface area contributed by atoms with Crippen LogP contribution in [0.1, 0.15) is 59.3 Å². The number of hydrogen-bond acceptors (Lipinski definition) is 2. The average Bonchev–Trinajstić information content (AvgIpc) is 2.47. The summed E-state index contributed by atoms with van der Waals surface area (Å²) < 4.78 is 0. The molecule has 128 valence electrons. The van der Waals surface area contributed by atoms with Gasteiger partial charge >= 0.3 is 11.9 Å². The molecule has 2 N–H and O–H groups in total. The summed E-state index contributed by atoms with van der Waals surface area (Å²) in [6, 6.07) is 0. The van der Waals surface area contributed by atoms with Gasteiger partial charge in [-0.05, 0) is 61.2 Å². The van der Waals surface area contributed by atoms with Gasteiger partial charge in [0.25, 0.3) is 0 Å². The third kappa shape index (κ3) is 3.51. The van der Waals surface area contributed by atoms with E-state index in [9.17, 15) is 14.7 Å². The van der Waals surface area contributed by atoms with Crippen molar-refractivity contribution < 1.29 is 19.8 Å². The first-order valence-corrected chi connectivity index (χ1v) is 8.53. The van der Waals surface area contributed by atoms with Gasteiger partial charge in [0.15, 0.2) is 0 Å². The molecule has 0 radical (unpaired) electrons. The van der Waals surface area contributed by atoms with Crippen LogP contribution < -0.4 is 0 Å². The van der Waals surface area contributed by atoms with Crippen molar-refractivity contribution in [1.82, 2.24) is 0 Å². The van der Waals surface area contributed by atoms with Gasteiger partial charge in [0.1, 0.15) is 0 Å². The second-order valence-electron chi connectivity index (χ2n) is 7.80. The zero-order valence-electron chi connectivity index (χ0n) is 14.3. The van der Waals surface area contributed by atoms with E-state index in [0.29, 0.717) is 18.3 Å². The minimum Gasteiger partial charge on any atom is -0.478 e. The molecular weight excluding hydrogens is 292 g/mol. The maximum absolute atomic E-state index is 11.3. The molecule has 2 aliphatic rings. The minimum atomic E-state index is -1.19. The molecule has 4 atom stereocenters. The summed E-state index contributed by atoms with van der Waals surface area (Å²) in [6.07, 6.45) is 11.1. The molecule has 0 unspecified atom stereocenters. The Labute approximate surface area is 138 Å². The highest BCUT2D eigenvalue weighted by Crippen LogP contribution is 2.59. The predicted octanol–water partition coefficient (Wildman–Crippen LogP) is 4.27. The van der Waals surface area contributed by atoms with Crippen molar-refractivity contribution in [2.75, 3.05) is 0 Å². The molecule has 0 aromatic rings. The molecule has 0 saturated heterocycles. The van der Waals surface area contributed by atoms with Crippen LogP contribution >= 0.6 is 0 Å². The molecule has 0 aromatic carbocycles. The standard InChI is InChI=1S/C19H28O4/c1-13-7-10-18(2)9-5-4-6-15(18)19(13,3)11-8-14(17(22)23)12-16(20)21/h5,9,12-13,15H,4,6-8,10-11H2,1-3H3,(H,20,21)(H,22,23)/b14-12+/t13-,15+,18-,19+/m1/s1. The summed E-state index contributed by atoms with van der Waals surface area (Å²) in [5.74, 6) is -1.25. The minimum absolute atomic E-state index is 0.00422. The SMILES string of the molecule is C[C@@H]1CC[C@@]2(C)C=CCC[C@@H]2[C@@]1(C)CC/C(=C\C(=O)O)C(=O)O. The van der Waals surface area contributed by atoms with E-state index >= 15 is 0 Å². The Hall–Kier alpha value is -1.58. The fourth-order valence-corrected chi connectivity index (χ4v) is 4.82. The van der Waals surface area contributed by atoms with Gasteiger partial charge in [-0.1, -0.05) is 32.9 Å². The van der Waals surface area contributed by atoms with E-state index in [2.05, 4.69) is 32.9 Å². The highest BCUT2D eigenvalue weighted by atomic mass is 16.4. The first-order chi connectivity index (χ1) is 10.7. The van der Waals surface area contributed by atoms with Gasteiger partial charge < -0.3 is 10.2 Å². The van der Waals surface area contributed by atoms with E-state index in [1.807, 2.05) is 0 Å². The molecule has 0 bridgehead atoms. The summed E-state index contributed by atoms with van der Waals surface area (Å²) in [6.45, 7) is 6.86. The summed E-state index contributed by atoms with van der Waals surface area (Å²) in [5.41, 5.74) is 0.245. The second-order valence-corrected chi connectivity index (χ2v) is 7.80. The summed E-state index contributed by atoms with van der Waals surface area (Å²) >= 11 is 0. The zero-order valence-corrected chi connectivity index (χ0v) is 14.3. The van der Waals surface area contributed by atoms with Crippen LogP contribution in [-0.2, 0) is 9.59 Å². The number of carbonyl (C=O) groups is 2. The Morgan fingerprint density at radius 3 is 2.57 bits per heavy atom. The number of hydrogen-bond donors (Lipinski definition) is 2. The zero-order chi connectivity index (χ0) is 17.3. The Bertz CT molecular complexity index is 548. The predicted molar refractivity (Wildman–Crippen MR) is 89.1 cm³/mol. The number of fused-ring (bicyclic) bond motifs is 1. The van der Waals surface area contributed by atoms with Crippen LogP contribution in [0.15, 0.2) is 23.8 Å². The van der Waals surface area contributed by atoms with Crippen LogP contribution in [-0.4, -0.2) is 22.2 Å². The number of carboxylic acid groups (broad SMARTS) is 2. The molecule has 4 nitrogen and oxygen atoms in total. The van der Waals surface area contributed by atoms with E-state index in [1.165, 1.54) is 6.42 Å². The fourth-order valence-electron chi connectivity index (χ4n) is 4.82. The molecule has 0 heterocycles. The second kappa shape index (κ2) is 6.50. The maximum Gasteiger partial charge on any atom is 0.331 e. The quantitative estimate of drug-likeness (QED) is 0.586. The average molecular weight is 320 g/mol. The Morgan fingerprint density at radius 1 is 1.26 bits per heavy atom. The van der Waals surface area contributed by atoms with Crippen LogP contribution in [0.25, 0.3) is 0 Å². The third-order valence-corrected chi connectivity index (χ3v) is 6.46. The Kier molecular flexibility index (Phi) is 5.02. The molecule has 23 heavy (non-hydrogen) atoms. The molecule has 2 rings (SSSR count). The van der Waals surface area contributed by atoms with Gasteiger partial charge in [-0.25, -0.2) is 9.59 Å². The van der Waals surface area contributed by atoms with E-state index in [4.69, 9.17) is 5.11 Å². The molecule has 4 heteroatoms. The van der Waals surface area contributed by atoms with Gasteiger partial charge in [-0.3, -0.25) is 0 Å². The number of carboxylic acids is 2. The van der Waals surface area contributed by atoms with Crippen molar-refractivity contribution in [3.8, 4) is 0 Å². The van der Waals surface area contributed by atoms with Crippen molar-refractivity contribution in [3.05, 3.63) is 23.8 Å². The van der Waals surface area contributed by atoms with Crippen LogP contribution in [0, 0.1) is 22.7 Å². The van der Waals surface area contributed by atoms with Crippen molar-refractivity contribution in [2.45, 2.75) is 59.3 Å². The molecule has 2 aliphatic carbocycles. The van der Waals surface area contributed by atoms with Crippen molar-refractivity contribution in [1.29, 1.82) is 0 Å². The molecule has 0 aromatic heterocycles. The van der Waals surface area contributed by atoms with Gasteiger partial charge in [0, 0.05) is 11.6 Å². The first-order valence-electron chi connectivity index (χ1n) is 8.53. The smallest absolute Gasteiger partial charge is 0.331 e. The highest BCUT2D eigenvalue weighted by molar-refractivity contribution is 5.94. The largest absolute Gasteiger partial charge is 0.478 e. The van der Waals surface area contributed by atoms with Crippen molar-refractivity contribution in [3.63, 3.8) is 0 Å². The van der Waals surface area contributed by atoms with Gasteiger partial charge in [0.05, 0.1) is 0 Å². The Morgan fingerprint density at radius 2 is 1.96 bits per heavy atom. The lowest BCUT2D eigenvalue weighted by Gasteiger charge is -2.56.